The second-order valence-electron chi connectivity index (χ2n) is 6.44. The zero-order valence-corrected chi connectivity index (χ0v) is 15.9. The minimum Gasteiger partial charge on any atom is -0.489 e. The fourth-order valence-corrected chi connectivity index (χ4v) is 3.78. The smallest absolute Gasteiger partial charge is 0.255 e. The van der Waals surface area contributed by atoms with E-state index in [1.165, 1.54) is 10.6 Å². The first-order valence-electron chi connectivity index (χ1n) is 8.59. The third kappa shape index (κ3) is 4.80. The number of benzene rings is 1. The normalized spacial score (nSPS) is 17.4. The number of hydrogen-bond acceptors (Lipinski definition) is 7. The summed E-state index contributed by atoms with van der Waals surface area (Å²) in [6.45, 7) is 2.58. The first-order valence-corrected chi connectivity index (χ1v) is 10.4. The molecule has 3 rings (SSSR count). The summed E-state index contributed by atoms with van der Waals surface area (Å²) in [6, 6.07) is 6.55. The highest BCUT2D eigenvalue weighted by molar-refractivity contribution is 7.88. The molecular weight excluding hydrogens is 372 g/mol. The minimum atomic E-state index is -3.18. The van der Waals surface area contributed by atoms with Crippen LogP contribution in [0.4, 0.5) is 0 Å². The molecule has 0 saturated carbocycles. The SMILES string of the molecule is C[C@H](NC(=O)c1ccccc1OC1CCN(S(C)(=O)=O)CC1)c1nn[nH]n1. The molecule has 1 amide bonds. The van der Waals surface area contributed by atoms with Crippen LogP contribution in [0.5, 0.6) is 5.75 Å². The molecule has 1 saturated heterocycles. The van der Waals surface area contributed by atoms with Gasteiger partial charge in [0, 0.05) is 13.1 Å². The Kier molecular flexibility index (Phi) is 5.71. The van der Waals surface area contributed by atoms with Crippen molar-refractivity contribution in [3.8, 4) is 5.75 Å². The molecule has 1 aliphatic rings. The van der Waals surface area contributed by atoms with Gasteiger partial charge in [0.05, 0.1) is 17.9 Å². The standard InChI is InChI=1S/C16H22N6O4S/c1-11(15-18-20-21-19-15)17-16(23)13-5-3-4-6-14(13)26-12-7-9-22(10-8-12)27(2,24)25/h3-6,11-12H,7-10H2,1-2H3,(H,17,23)(H,18,19,20,21)/t11-/m0/s1. The van der Waals surface area contributed by atoms with Gasteiger partial charge in [0.25, 0.3) is 5.91 Å². The first kappa shape index (κ1) is 19.2. The van der Waals surface area contributed by atoms with E-state index in [0.717, 1.165) is 0 Å². The number of piperidine rings is 1. The molecule has 1 fully saturated rings. The number of nitrogens with zero attached hydrogens (tertiary/aromatic N) is 4. The van der Waals surface area contributed by atoms with Gasteiger partial charge in [-0.05, 0) is 31.9 Å². The summed E-state index contributed by atoms with van der Waals surface area (Å²) in [5, 5.41) is 16.4. The Bertz CT molecular complexity index is 878. The van der Waals surface area contributed by atoms with Gasteiger partial charge in [-0.3, -0.25) is 4.79 Å². The summed E-state index contributed by atoms with van der Waals surface area (Å²) in [4.78, 5) is 12.6. The van der Waals surface area contributed by atoms with Crippen LogP contribution in [-0.4, -0.2) is 64.7 Å². The number of amides is 1. The third-order valence-corrected chi connectivity index (χ3v) is 5.70. The maximum atomic E-state index is 12.6. The lowest BCUT2D eigenvalue weighted by molar-refractivity contribution is 0.0923. The minimum absolute atomic E-state index is 0.147. The number of hydrogen-bond donors (Lipinski definition) is 2. The number of carbonyl (C=O) groups is 1. The van der Waals surface area contributed by atoms with Gasteiger partial charge in [-0.25, -0.2) is 12.7 Å². The number of H-pyrrole nitrogens is 1. The molecule has 2 N–H and O–H groups in total. The van der Waals surface area contributed by atoms with E-state index >= 15 is 0 Å². The number of rotatable bonds is 6. The summed E-state index contributed by atoms with van der Waals surface area (Å²) in [6.07, 6.45) is 2.20. The van der Waals surface area contributed by atoms with Crippen molar-refractivity contribution in [2.24, 2.45) is 0 Å². The second kappa shape index (κ2) is 8.01. The van der Waals surface area contributed by atoms with E-state index in [9.17, 15) is 13.2 Å². The van der Waals surface area contributed by atoms with Crippen LogP contribution in [0.1, 0.15) is 42.0 Å². The van der Waals surface area contributed by atoms with Crippen LogP contribution in [0, 0.1) is 0 Å². The lowest BCUT2D eigenvalue weighted by Gasteiger charge is -2.30. The van der Waals surface area contributed by atoms with Crippen LogP contribution in [0.2, 0.25) is 0 Å². The van der Waals surface area contributed by atoms with Crippen molar-refractivity contribution in [1.29, 1.82) is 0 Å². The Labute approximate surface area is 157 Å². The Balaban J connectivity index is 1.65. The molecule has 0 unspecified atom stereocenters. The Hall–Kier alpha value is -2.53. The van der Waals surface area contributed by atoms with Gasteiger partial charge in [0.1, 0.15) is 11.9 Å². The van der Waals surface area contributed by atoms with Gasteiger partial charge in [-0.15, -0.1) is 10.2 Å². The van der Waals surface area contributed by atoms with Gasteiger partial charge in [0.15, 0.2) is 5.82 Å². The molecule has 0 spiro atoms. The van der Waals surface area contributed by atoms with Gasteiger partial charge in [0.2, 0.25) is 10.0 Å². The zero-order valence-electron chi connectivity index (χ0n) is 15.1. The topological polar surface area (TPSA) is 130 Å². The largest absolute Gasteiger partial charge is 0.489 e. The van der Waals surface area contributed by atoms with Crippen LogP contribution in [0.25, 0.3) is 0 Å². The molecule has 1 aromatic heterocycles. The highest BCUT2D eigenvalue weighted by atomic mass is 32.2. The lowest BCUT2D eigenvalue weighted by atomic mass is 10.1. The first-order chi connectivity index (χ1) is 12.8. The molecule has 1 aromatic carbocycles. The highest BCUT2D eigenvalue weighted by Gasteiger charge is 2.27. The van der Waals surface area contributed by atoms with Crippen molar-refractivity contribution < 1.29 is 17.9 Å². The third-order valence-electron chi connectivity index (χ3n) is 4.39. The van der Waals surface area contributed by atoms with Crippen LogP contribution >= 0.6 is 0 Å². The Morgan fingerprint density at radius 2 is 2.04 bits per heavy atom. The van der Waals surface area contributed by atoms with Crippen molar-refractivity contribution >= 4 is 15.9 Å². The molecular formula is C16H22N6O4S. The average Bonchev–Trinajstić information content (AvgIpc) is 3.16. The van der Waals surface area contributed by atoms with E-state index in [1.807, 2.05) is 0 Å². The van der Waals surface area contributed by atoms with E-state index < -0.39 is 16.1 Å². The van der Waals surface area contributed by atoms with Crippen molar-refractivity contribution in [2.75, 3.05) is 19.3 Å². The van der Waals surface area contributed by atoms with Crippen molar-refractivity contribution in [2.45, 2.75) is 31.9 Å². The van der Waals surface area contributed by atoms with E-state index in [-0.39, 0.29) is 12.0 Å². The lowest BCUT2D eigenvalue weighted by Crippen LogP contribution is -2.41. The summed E-state index contributed by atoms with van der Waals surface area (Å²) in [5.41, 5.74) is 0.401. The van der Waals surface area contributed by atoms with Crippen molar-refractivity contribution in [3.63, 3.8) is 0 Å². The fourth-order valence-electron chi connectivity index (χ4n) is 2.91. The number of aromatic amines is 1. The number of carbonyl (C=O) groups excluding carboxylic acids is 1. The zero-order chi connectivity index (χ0) is 19.4. The number of ether oxygens (including phenoxy) is 1. The molecule has 2 heterocycles. The van der Waals surface area contributed by atoms with Gasteiger partial charge in [-0.1, -0.05) is 17.3 Å². The van der Waals surface area contributed by atoms with Crippen LogP contribution in [0.15, 0.2) is 24.3 Å². The van der Waals surface area contributed by atoms with Gasteiger partial charge in [-0.2, -0.15) is 5.21 Å². The number of sulfonamides is 1. The van der Waals surface area contributed by atoms with Gasteiger partial charge < -0.3 is 10.1 Å². The molecule has 0 radical (unpaired) electrons. The van der Waals surface area contributed by atoms with E-state index in [4.69, 9.17) is 4.74 Å². The highest BCUT2D eigenvalue weighted by Crippen LogP contribution is 2.24. The molecule has 1 aliphatic heterocycles. The molecule has 146 valence electrons. The number of nitrogens with one attached hydrogen (secondary N) is 2. The Morgan fingerprint density at radius 3 is 2.67 bits per heavy atom. The van der Waals surface area contributed by atoms with Crippen molar-refractivity contribution in [3.05, 3.63) is 35.7 Å². The Morgan fingerprint density at radius 1 is 1.33 bits per heavy atom. The maximum absolute atomic E-state index is 12.6. The van der Waals surface area contributed by atoms with E-state index in [2.05, 4.69) is 25.9 Å². The molecule has 11 heteroatoms. The molecule has 2 aromatic rings. The number of tetrazole rings is 1. The molecule has 10 nitrogen and oxygen atoms in total. The molecule has 0 aliphatic carbocycles. The molecule has 1 atom stereocenters. The predicted molar refractivity (Wildman–Crippen MR) is 96.6 cm³/mol. The van der Waals surface area contributed by atoms with Crippen LogP contribution in [-0.2, 0) is 10.0 Å². The van der Waals surface area contributed by atoms with E-state index in [1.54, 1.807) is 31.2 Å². The quantitative estimate of drug-likeness (QED) is 0.729. The van der Waals surface area contributed by atoms with E-state index in [0.29, 0.717) is 43.1 Å². The monoisotopic (exact) mass is 394 g/mol. The number of aromatic nitrogens is 4. The predicted octanol–water partition coefficient (Wildman–Crippen LogP) is 0.493. The van der Waals surface area contributed by atoms with Crippen LogP contribution < -0.4 is 10.1 Å². The molecule has 27 heavy (non-hydrogen) atoms. The van der Waals surface area contributed by atoms with Gasteiger partial charge >= 0.3 is 0 Å². The number of para-hydroxylation sites is 1. The maximum Gasteiger partial charge on any atom is 0.255 e. The summed E-state index contributed by atoms with van der Waals surface area (Å²) < 4.78 is 30.7. The van der Waals surface area contributed by atoms with Crippen LogP contribution in [0.3, 0.4) is 0 Å². The molecule has 0 bridgehead atoms. The van der Waals surface area contributed by atoms with Crippen molar-refractivity contribution in [1.82, 2.24) is 30.2 Å². The second-order valence-corrected chi connectivity index (χ2v) is 8.42. The fraction of sp³-hybridized carbons (Fsp3) is 0.500. The summed E-state index contributed by atoms with van der Waals surface area (Å²) in [5.74, 6) is 0.541. The summed E-state index contributed by atoms with van der Waals surface area (Å²) >= 11 is 0. The summed E-state index contributed by atoms with van der Waals surface area (Å²) in [7, 11) is -3.18. The average molecular weight is 394 g/mol.